The summed E-state index contributed by atoms with van der Waals surface area (Å²) in [6.07, 6.45) is -0.859. The van der Waals surface area contributed by atoms with Gasteiger partial charge in [-0.15, -0.1) is 0 Å². The van der Waals surface area contributed by atoms with Crippen molar-refractivity contribution >= 4 is 5.97 Å². The van der Waals surface area contributed by atoms with Crippen molar-refractivity contribution in [2.45, 2.75) is 32.2 Å². The second kappa shape index (κ2) is 5.21. The van der Waals surface area contributed by atoms with Crippen LogP contribution in [0.2, 0.25) is 0 Å². The largest absolute Gasteiger partial charge is 0.466 e. The van der Waals surface area contributed by atoms with E-state index < -0.39 is 12.1 Å². The highest BCUT2D eigenvalue weighted by molar-refractivity contribution is 5.72. The van der Waals surface area contributed by atoms with Crippen LogP contribution in [0.4, 0.5) is 8.78 Å². The molecule has 2 N–H and O–H groups in total. The van der Waals surface area contributed by atoms with E-state index in [4.69, 9.17) is 10.5 Å². The Labute approximate surface area is 87.3 Å². The number of ether oxygens (including phenoxy) is 1. The van der Waals surface area contributed by atoms with Gasteiger partial charge >= 0.3 is 5.97 Å². The van der Waals surface area contributed by atoms with Gasteiger partial charge in [-0.25, -0.2) is 0 Å². The summed E-state index contributed by atoms with van der Waals surface area (Å²) in [6.45, 7) is 2.03. The third kappa shape index (κ3) is 2.99. The van der Waals surface area contributed by atoms with E-state index in [1.165, 1.54) is 0 Å². The van der Waals surface area contributed by atoms with Crippen LogP contribution in [0.1, 0.15) is 26.2 Å². The van der Waals surface area contributed by atoms with Gasteiger partial charge in [0.1, 0.15) is 0 Å². The first-order valence-electron chi connectivity index (χ1n) is 5.02. The fourth-order valence-corrected chi connectivity index (χ4v) is 1.79. The minimum absolute atomic E-state index is 0.0180. The summed E-state index contributed by atoms with van der Waals surface area (Å²) in [6, 6.07) is -0.710. The summed E-state index contributed by atoms with van der Waals surface area (Å²) in [7, 11) is 0. The van der Waals surface area contributed by atoms with Crippen LogP contribution >= 0.6 is 0 Å². The molecule has 0 spiro atoms. The average Bonchev–Trinajstić information content (AvgIpc) is 2.17. The molecule has 1 fully saturated rings. The zero-order chi connectivity index (χ0) is 11.4. The lowest BCUT2D eigenvalue weighted by molar-refractivity contribution is -0.148. The molecule has 0 bridgehead atoms. The fourth-order valence-electron chi connectivity index (χ4n) is 1.79. The van der Waals surface area contributed by atoms with Gasteiger partial charge in [0, 0.05) is 11.6 Å². The van der Waals surface area contributed by atoms with Crippen molar-refractivity contribution in [3.63, 3.8) is 0 Å². The molecular formula is C10H15F2NO2. The number of nitrogens with two attached hydrogens (primary N) is 1. The Bertz CT molecular complexity index is 275. The first kappa shape index (κ1) is 12.1. The van der Waals surface area contributed by atoms with Crippen LogP contribution in [0.3, 0.4) is 0 Å². The van der Waals surface area contributed by atoms with Crippen molar-refractivity contribution in [3.8, 4) is 0 Å². The molecule has 2 atom stereocenters. The first-order valence-corrected chi connectivity index (χ1v) is 5.02. The van der Waals surface area contributed by atoms with Gasteiger partial charge in [0.05, 0.1) is 12.5 Å². The molecule has 0 amide bonds. The molecule has 0 aromatic heterocycles. The highest BCUT2D eigenvalue weighted by atomic mass is 19.3. The molecule has 5 heteroatoms. The van der Waals surface area contributed by atoms with Crippen LogP contribution < -0.4 is 5.73 Å². The van der Waals surface area contributed by atoms with Gasteiger partial charge in [-0.1, -0.05) is 0 Å². The van der Waals surface area contributed by atoms with Gasteiger partial charge in [-0.3, -0.25) is 4.79 Å². The Morgan fingerprint density at radius 3 is 2.73 bits per heavy atom. The van der Waals surface area contributed by atoms with Crippen molar-refractivity contribution in [2.75, 3.05) is 6.61 Å². The molecule has 0 aromatic rings. The van der Waals surface area contributed by atoms with Crippen molar-refractivity contribution in [1.82, 2.24) is 0 Å². The van der Waals surface area contributed by atoms with Gasteiger partial charge < -0.3 is 10.5 Å². The first-order chi connectivity index (χ1) is 7.06. The number of halogens is 2. The topological polar surface area (TPSA) is 52.3 Å². The third-order valence-corrected chi connectivity index (χ3v) is 2.61. The van der Waals surface area contributed by atoms with Crippen LogP contribution in [-0.4, -0.2) is 18.6 Å². The number of hydrogen-bond donors (Lipinski definition) is 1. The Balaban J connectivity index is 2.58. The Morgan fingerprint density at radius 2 is 2.27 bits per heavy atom. The van der Waals surface area contributed by atoms with Crippen LogP contribution in [0, 0.1) is 5.92 Å². The summed E-state index contributed by atoms with van der Waals surface area (Å²) in [5.74, 6) is -0.658. The second-order valence-electron chi connectivity index (χ2n) is 3.62. The van der Waals surface area contributed by atoms with E-state index in [9.17, 15) is 13.6 Å². The maximum absolute atomic E-state index is 12.3. The smallest absolute Gasteiger partial charge is 0.308 e. The van der Waals surface area contributed by atoms with Gasteiger partial charge in [0.15, 0.2) is 0 Å². The maximum atomic E-state index is 12.3. The third-order valence-electron chi connectivity index (χ3n) is 2.61. The molecule has 1 rings (SSSR count). The normalized spacial score (nSPS) is 26.3. The summed E-state index contributed by atoms with van der Waals surface area (Å²) >= 11 is 0. The molecule has 0 aromatic carbocycles. The van der Waals surface area contributed by atoms with Gasteiger partial charge in [-0.2, -0.15) is 8.78 Å². The summed E-state index contributed by atoms with van der Waals surface area (Å²) in [5.41, 5.74) is 5.54. The van der Waals surface area contributed by atoms with Crippen molar-refractivity contribution in [2.24, 2.45) is 11.7 Å². The van der Waals surface area contributed by atoms with Crippen molar-refractivity contribution in [1.29, 1.82) is 0 Å². The van der Waals surface area contributed by atoms with Gasteiger partial charge in [0.2, 0.25) is 0 Å². The van der Waals surface area contributed by atoms with Gasteiger partial charge in [0.25, 0.3) is 6.08 Å². The molecule has 86 valence electrons. The number of esters is 1. The molecule has 0 saturated heterocycles. The van der Waals surface area contributed by atoms with E-state index in [2.05, 4.69) is 0 Å². The van der Waals surface area contributed by atoms with E-state index in [0.717, 1.165) is 0 Å². The standard InChI is InChI=1S/C10H15F2NO2/c1-2-15-10(14)6-3-4-7(9(11)12)8(13)5-6/h6,8H,2-5,13H2,1H3/t6-,8+/m1/s1. The number of rotatable bonds is 2. The molecule has 3 nitrogen and oxygen atoms in total. The molecule has 0 aliphatic heterocycles. The fraction of sp³-hybridized carbons (Fsp3) is 0.700. The van der Waals surface area contributed by atoms with E-state index in [1.807, 2.05) is 0 Å². The predicted octanol–water partition coefficient (Wildman–Crippen LogP) is 1.83. The number of hydrogen-bond acceptors (Lipinski definition) is 3. The molecular weight excluding hydrogens is 204 g/mol. The predicted molar refractivity (Wildman–Crippen MR) is 51.2 cm³/mol. The Morgan fingerprint density at radius 1 is 1.60 bits per heavy atom. The van der Waals surface area contributed by atoms with Crippen LogP contribution in [0.15, 0.2) is 11.7 Å². The summed E-state index contributed by atoms with van der Waals surface area (Å²) < 4.78 is 29.5. The lowest BCUT2D eigenvalue weighted by Gasteiger charge is -2.26. The van der Waals surface area contributed by atoms with Gasteiger partial charge in [-0.05, 0) is 26.2 Å². The molecule has 15 heavy (non-hydrogen) atoms. The Hall–Kier alpha value is -0.970. The maximum Gasteiger partial charge on any atom is 0.308 e. The molecule has 1 aliphatic rings. The quantitative estimate of drug-likeness (QED) is 0.721. The molecule has 0 radical (unpaired) electrons. The lowest BCUT2D eigenvalue weighted by Crippen LogP contribution is -2.34. The minimum Gasteiger partial charge on any atom is -0.466 e. The van der Waals surface area contributed by atoms with E-state index >= 15 is 0 Å². The number of carbonyl (C=O) groups excluding carboxylic acids is 1. The van der Waals surface area contributed by atoms with Crippen molar-refractivity contribution < 1.29 is 18.3 Å². The zero-order valence-electron chi connectivity index (χ0n) is 8.63. The summed E-state index contributed by atoms with van der Waals surface area (Å²) in [4.78, 5) is 11.3. The van der Waals surface area contributed by atoms with Crippen LogP contribution in [0.25, 0.3) is 0 Å². The summed E-state index contributed by atoms with van der Waals surface area (Å²) in [5, 5.41) is 0. The van der Waals surface area contributed by atoms with Crippen LogP contribution in [-0.2, 0) is 9.53 Å². The Kier molecular flexibility index (Phi) is 4.20. The monoisotopic (exact) mass is 219 g/mol. The van der Waals surface area contributed by atoms with E-state index in [-0.39, 0.29) is 30.3 Å². The highest BCUT2D eigenvalue weighted by Gasteiger charge is 2.31. The van der Waals surface area contributed by atoms with Crippen molar-refractivity contribution in [3.05, 3.63) is 11.7 Å². The SMILES string of the molecule is CCOC(=O)[C@@H]1CCC(=C(F)F)[C@@H](N)C1. The average molecular weight is 219 g/mol. The van der Waals surface area contributed by atoms with E-state index in [0.29, 0.717) is 13.0 Å². The van der Waals surface area contributed by atoms with E-state index in [1.54, 1.807) is 6.92 Å². The molecule has 1 aliphatic carbocycles. The lowest BCUT2D eigenvalue weighted by atomic mass is 9.83. The molecule has 0 heterocycles. The second-order valence-corrected chi connectivity index (χ2v) is 3.62. The zero-order valence-corrected chi connectivity index (χ0v) is 8.63. The molecule has 0 unspecified atom stereocenters. The minimum atomic E-state index is -1.70. The highest BCUT2D eigenvalue weighted by Crippen LogP contribution is 2.31. The molecule has 1 saturated carbocycles. The number of carbonyl (C=O) groups is 1. The van der Waals surface area contributed by atoms with Crippen LogP contribution in [0.5, 0.6) is 0 Å².